The number of anilines is 1. The van der Waals surface area contributed by atoms with Gasteiger partial charge in [-0.1, -0.05) is 30.3 Å². The van der Waals surface area contributed by atoms with Gasteiger partial charge in [-0.05, 0) is 62.1 Å². The Morgan fingerprint density at radius 2 is 1.71 bits per heavy atom. The van der Waals surface area contributed by atoms with Crippen LogP contribution in [-0.2, 0) is 16.1 Å². The lowest BCUT2D eigenvalue weighted by atomic mass is 9.92. The van der Waals surface area contributed by atoms with E-state index in [1.165, 1.54) is 6.07 Å². The molecule has 2 aromatic carbocycles. The van der Waals surface area contributed by atoms with Crippen LogP contribution in [0.1, 0.15) is 31.2 Å². The molecule has 2 saturated heterocycles. The summed E-state index contributed by atoms with van der Waals surface area (Å²) in [5.41, 5.74) is 1.72. The number of hydrogen-bond donors (Lipinski definition) is 1. The number of carbonyl (C=O) groups is 2. The van der Waals surface area contributed by atoms with Gasteiger partial charge in [0.05, 0.1) is 11.8 Å². The van der Waals surface area contributed by atoms with E-state index in [0.29, 0.717) is 26.2 Å². The van der Waals surface area contributed by atoms with Gasteiger partial charge in [0, 0.05) is 31.9 Å². The number of carbonyl (C=O) groups excluding carboxylic acids is 2. The van der Waals surface area contributed by atoms with Gasteiger partial charge in [-0.15, -0.1) is 0 Å². The SMILES string of the molecule is O=C(Nc1ccccc1)C1CCCN(C(=O)C2CCCN(Cc3cccc(F)c3)C2)C1. The second kappa shape index (κ2) is 10.1. The van der Waals surface area contributed by atoms with Crippen LogP contribution in [0.25, 0.3) is 0 Å². The molecule has 31 heavy (non-hydrogen) atoms. The number of piperidine rings is 2. The molecule has 5 nitrogen and oxygen atoms in total. The highest BCUT2D eigenvalue weighted by atomic mass is 19.1. The smallest absolute Gasteiger partial charge is 0.229 e. The van der Waals surface area contributed by atoms with Crippen LogP contribution in [0.4, 0.5) is 10.1 Å². The Balaban J connectivity index is 1.33. The van der Waals surface area contributed by atoms with Crippen LogP contribution < -0.4 is 5.32 Å². The molecule has 0 spiro atoms. The quantitative estimate of drug-likeness (QED) is 0.793. The van der Waals surface area contributed by atoms with Crippen LogP contribution in [0.3, 0.4) is 0 Å². The summed E-state index contributed by atoms with van der Waals surface area (Å²) in [6, 6.07) is 16.1. The van der Waals surface area contributed by atoms with Crippen LogP contribution in [0, 0.1) is 17.7 Å². The Kier molecular flexibility index (Phi) is 6.97. The number of benzene rings is 2. The summed E-state index contributed by atoms with van der Waals surface area (Å²) < 4.78 is 13.5. The van der Waals surface area contributed by atoms with Gasteiger partial charge in [-0.25, -0.2) is 4.39 Å². The molecule has 2 heterocycles. The first-order valence-electron chi connectivity index (χ1n) is 11.2. The van der Waals surface area contributed by atoms with Gasteiger partial charge in [0.2, 0.25) is 11.8 Å². The van der Waals surface area contributed by atoms with Crippen molar-refractivity contribution in [3.05, 3.63) is 66.0 Å². The average Bonchev–Trinajstić information content (AvgIpc) is 2.79. The van der Waals surface area contributed by atoms with Crippen molar-refractivity contribution in [1.29, 1.82) is 0 Å². The maximum Gasteiger partial charge on any atom is 0.229 e. The van der Waals surface area contributed by atoms with Gasteiger partial charge in [0.25, 0.3) is 0 Å². The Morgan fingerprint density at radius 1 is 0.935 bits per heavy atom. The van der Waals surface area contributed by atoms with Gasteiger partial charge in [0.1, 0.15) is 5.82 Å². The van der Waals surface area contributed by atoms with Crippen LogP contribution in [-0.4, -0.2) is 47.8 Å². The Bertz CT molecular complexity index is 905. The first kappa shape index (κ1) is 21.5. The van der Waals surface area contributed by atoms with Crippen molar-refractivity contribution in [2.45, 2.75) is 32.2 Å². The molecule has 2 aromatic rings. The summed E-state index contributed by atoms with van der Waals surface area (Å²) in [5.74, 6) is -0.320. The highest BCUT2D eigenvalue weighted by Gasteiger charge is 2.34. The first-order valence-corrected chi connectivity index (χ1v) is 11.2. The van der Waals surface area contributed by atoms with Crippen LogP contribution in [0.5, 0.6) is 0 Å². The largest absolute Gasteiger partial charge is 0.342 e. The summed E-state index contributed by atoms with van der Waals surface area (Å²) in [6.45, 7) is 3.46. The number of amides is 2. The molecule has 6 heteroatoms. The molecule has 164 valence electrons. The molecular formula is C25H30FN3O2. The molecule has 0 aliphatic carbocycles. The molecule has 2 aliphatic rings. The van der Waals surface area contributed by atoms with Gasteiger partial charge >= 0.3 is 0 Å². The number of hydrogen-bond acceptors (Lipinski definition) is 3. The lowest BCUT2D eigenvalue weighted by Crippen LogP contribution is -2.49. The minimum absolute atomic E-state index is 0.0138. The Labute approximate surface area is 183 Å². The van der Waals surface area contributed by atoms with E-state index in [4.69, 9.17) is 0 Å². The monoisotopic (exact) mass is 423 g/mol. The zero-order valence-corrected chi connectivity index (χ0v) is 17.8. The van der Waals surface area contributed by atoms with E-state index in [1.807, 2.05) is 41.3 Å². The average molecular weight is 424 g/mol. The summed E-state index contributed by atoms with van der Waals surface area (Å²) >= 11 is 0. The van der Waals surface area contributed by atoms with E-state index >= 15 is 0 Å². The highest BCUT2D eigenvalue weighted by Crippen LogP contribution is 2.25. The van der Waals surface area contributed by atoms with Crippen molar-refractivity contribution >= 4 is 17.5 Å². The normalized spacial score (nSPS) is 22.2. The number of rotatable bonds is 5. The molecule has 0 saturated carbocycles. The van der Waals surface area contributed by atoms with Crippen molar-refractivity contribution in [3.8, 4) is 0 Å². The summed E-state index contributed by atoms with van der Waals surface area (Å²) in [6.07, 6.45) is 3.48. The van der Waals surface area contributed by atoms with E-state index in [9.17, 15) is 14.0 Å². The topological polar surface area (TPSA) is 52.7 Å². The fraction of sp³-hybridized carbons (Fsp3) is 0.440. The third-order valence-corrected chi connectivity index (χ3v) is 6.30. The minimum Gasteiger partial charge on any atom is -0.342 e. The Hall–Kier alpha value is -2.73. The van der Waals surface area contributed by atoms with Crippen molar-refractivity contribution < 1.29 is 14.0 Å². The molecule has 4 rings (SSSR count). The fourth-order valence-corrected chi connectivity index (χ4v) is 4.71. The van der Waals surface area contributed by atoms with Gasteiger partial charge in [-0.3, -0.25) is 14.5 Å². The molecular weight excluding hydrogens is 393 g/mol. The predicted molar refractivity (Wildman–Crippen MR) is 119 cm³/mol. The van der Waals surface area contributed by atoms with Crippen molar-refractivity contribution in [2.75, 3.05) is 31.5 Å². The number of likely N-dealkylation sites (tertiary alicyclic amines) is 2. The van der Waals surface area contributed by atoms with Crippen LogP contribution in [0.2, 0.25) is 0 Å². The van der Waals surface area contributed by atoms with Gasteiger partial charge < -0.3 is 10.2 Å². The molecule has 0 aromatic heterocycles. The fourth-order valence-electron chi connectivity index (χ4n) is 4.71. The third-order valence-electron chi connectivity index (χ3n) is 6.30. The van der Waals surface area contributed by atoms with Gasteiger partial charge in [0.15, 0.2) is 0 Å². The maximum absolute atomic E-state index is 13.5. The van der Waals surface area contributed by atoms with Crippen molar-refractivity contribution in [2.24, 2.45) is 11.8 Å². The zero-order chi connectivity index (χ0) is 21.6. The second-order valence-corrected chi connectivity index (χ2v) is 8.68. The molecule has 2 amide bonds. The van der Waals surface area contributed by atoms with E-state index < -0.39 is 0 Å². The Morgan fingerprint density at radius 3 is 2.52 bits per heavy atom. The minimum atomic E-state index is -0.227. The lowest BCUT2D eigenvalue weighted by Gasteiger charge is -2.38. The number of halogens is 1. The number of nitrogens with one attached hydrogen (secondary N) is 1. The van der Waals surface area contributed by atoms with E-state index in [1.54, 1.807) is 12.1 Å². The highest BCUT2D eigenvalue weighted by molar-refractivity contribution is 5.93. The number of para-hydroxylation sites is 1. The molecule has 2 fully saturated rings. The molecule has 2 unspecified atom stereocenters. The molecule has 0 radical (unpaired) electrons. The summed E-state index contributed by atoms with van der Waals surface area (Å²) in [7, 11) is 0. The summed E-state index contributed by atoms with van der Waals surface area (Å²) in [5, 5.41) is 2.97. The van der Waals surface area contributed by atoms with Crippen LogP contribution >= 0.6 is 0 Å². The maximum atomic E-state index is 13.5. The van der Waals surface area contributed by atoms with Crippen molar-refractivity contribution in [3.63, 3.8) is 0 Å². The molecule has 0 bridgehead atoms. The second-order valence-electron chi connectivity index (χ2n) is 8.68. The van der Waals surface area contributed by atoms with Crippen molar-refractivity contribution in [1.82, 2.24) is 9.80 Å². The van der Waals surface area contributed by atoms with E-state index in [2.05, 4.69) is 10.2 Å². The predicted octanol–water partition coefficient (Wildman–Crippen LogP) is 3.92. The van der Waals surface area contributed by atoms with E-state index in [0.717, 1.165) is 43.5 Å². The zero-order valence-electron chi connectivity index (χ0n) is 17.8. The molecule has 2 aliphatic heterocycles. The summed E-state index contributed by atoms with van der Waals surface area (Å²) in [4.78, 5) is 30.1. The standard InChI is InChI=1S/C25H30FN3O2/c26-22-10-4-7-19(15-22)16-28-13-5-9-21(17-28)25(31)29-14-6-8-20(18-29)24(30)27-23-11-2-1-3-12-23/h1-4,7,10-12,15,20-21H,5-6,8-9,13-14,16-18H2,(H,27,30). The van der Waals surface area contributed by atoms with Gasteiger partial charge in [-0.2, -0.15) is 0 Å². The third kappa shape index (κ3) is 5.70. The number of nitrogens with zero attached hydrogens (tertiary/aromatic N) is 2. The van der Waals surface area contributed by atoms with Crippen LogP contribution in [0.15, 0.2) is 54.6 Å². The lowest BCUT2D eigenvalue weighted by molar-refractivity contribution is -0.140. The molecule has 2 atom stereocenters. The first-order chi connectivity index (χ1) is 15.1. The molecule has 1 N–H and O–H groups in total. The van der Waals surface area contributed by atoms with E-state index in [-0.39, 0.29) is 29.5 Å².